The summed E-state index contributed by atoms with van der Waals surface area (Å²) in [4.78, 5) is 22.9. The quantitative estimate of drug-likeness (QED) is 0.719. The number of benzene rings is 1. The Bertz CT molecular complexity index is 727. The molecule has 0 aliphatic carbocycles. The molecule has 2 amide bonds. The lowest BCUT2D eigenvalue weighted by molar-refractivity contribution is -0.125. The second-order valence-electron chi connectivity index (χ2n) is 5.34. The molecule has 0 spiro atoms. The molecule has 1 unspecified atom stereocenters. The Labute approximate surface area is 139 Å². The van der Waals surface area contributed by atoms with Gasteiger partial charge < -0.3 is 16.4 Å². The summed E-state index contributed by atoms with van der Waals surface area (Å²) in [7, 11) is 0. The zero-order valence-electron chi connectivity index (χ0n) is 13.5. The molecule has 7 nitrogen and oxygen atoms in total. The first-order chi connectivity index (χ1) is 11.4. The first-order valence-corrected chi connectivity index (χ1v) is 7.49. The minimum absolute atomic E-state index is 0.133. The number of carbonyl (C=O) groups is 2. The molecule has 1 atom stereocenters. The van der Waals surface area contributed by atoms with Crippen molar-refractivity contribution in [3.8, 4) is 5.69 Å². The predicted octanol–water partition coefficient (Wildman–Crippen LogP) is 0.572. The Morgan fingerprint density at radius 3 is 2.58 bits per heavy atom. The zero-order valence-corrected chi connectivity index (χ0v) is 13.5. The van der Waals surface area contributed by atoms with Gasteiger partial charge in [0, 0.05) is 11.3 Å². The standard InChI is InChI=1S/C16H20FN5O2/c1-10(21-16(24)9-19-15(23)7-18)14-8-20-22(11(14)2)13-5-3-12(17)4-6-13/h3-6,8,10H,7,9,18H2,1-2H3,(H,19,23)(H,21,24). The van der Waals surface area contributed by atoms with E-state index >= 15 is 0 Å². The van der Waals surface area contributed by atoms with Crippen molar-refractivity contribution in [2.45, 2.75) is 19.9 Å². The number of amides is 2. The number of hydrogen-bond acceptors (Lipinski definition) is 4. The average molecular weight is 333 g/mol. The van der Waals surface area contributed by atoms with Crippen molar-refractivity contribution in [2.75, 3.05) is 13.1 Å². The van der Waals surface area contributed by atoms with Gasteiger partial charge in [0.05, 0.1) is 31.0 Å². The van der Waals surface area contributed by atoms with Crippen LogP contribution >= 0.6 is 0 Å². The summed E-state index contributed by atoms with van der Waals surface area (Å²) in [6.45, 7) is 3.39. The van der Waals surface area contributed by atoms with Crippen molar-refractivity contribution in [2.24, 2.45) is 5.73 Å². The van der Waals surface area contributed by atoms with E-state index in [9.17, 15) is 14.0 Å². The number of aromatic nitrogens is 2. The molecule has 0 saturated carbocycles. The van der Waals surface area contributed by atoms with Crippen molar-refractivity contribution in [3.05, 3.63) is 47.5 Å². The third kappa shape index (κ3) is 4.17. The van der Waals surface area contributed by atoms with Gasteiger partial charge in [-0.3, -0.25) is 9.59 Å². The number of nitrogens with two attached hydrogens (primary N) is 1. The number of rotatable bonds is 6. The van der Waals surface area contributed by atoms with Gasteiger partial charge >= 0.3 is 0 Å². The van der Waals surface area contributed by atoms with E-state index in [1.54, 1.807) is 23.0 Å². The maximum atomic E-state index is 13.0. The van der Waals surface area contributed by atoms with Crippen LogP contribution in [0.3, 0.4) is 0 Å². The molecule has 1 aromatic carbocycles. The Morgan fingerprint density at radius 2 is 1.96 bits per heavy atom. The van der Waals surface area contributed by atoms with Crippen LogP contribution in [0.2, 0.25) is 0 Å². The van der Waals surface area contributed by atoms with E-state index < -0.39 is 5.91 Å². The van der Waals surface area contributed by atoms with Gasteiger partial charge in [-0.15, -0.1) is 0 Å². The topological polar surface area (TPSA) is 102 Å². The maximum Gasteiger partial charge on any atom is 0.239 e. The molecule has 0 fully saturated rings. The Morgan fingerprint density at radius 1 is 1.29 bits per heavy atom. The van der Waals surface area contributed by atoms with Crippen molar-refractivity contribution in [1.82, 2.24) is 20.4 Å². The lowest BCUT2D eigenvalue weighted by Crippen LogP contribution is -2.40. The molecule has 1 heterocycles. The normalized spacial score (nSPS) is 11.8. The number of nitrogens with zero attached hydrogens (tertiary/aromatic N) is 2. The van der Waals surface area contributed by atoms with Gasteiger partial charge in [-0.05, 0) is 38.1 Å². The minimum atomic E-state index is -0.391. The highest BCUT2D eigenvalue weighted by Gasteiger charge is 2.16. The highest BCUT2D eigenvalue weighted by atomic mass is 19.1. The van der Waals surface area contributed by atoms with Crippen molar-refractivity contribution >= 4 is 11.8 Å². The second-order valence-corrected chi connectivity index (χ2v) is 5.34. The summed E-state index contributed by atoms with van der Waals surface area (Å²) in [6, 6.07) is 5.69. The summed E-state index contributed by atoms with van der Waals surface area (Å²) in [5.41, 5.74) is 7.56. The molecule has 128 valence electrons. The van der Waals surface area contributed by atoms with Crippen LogP contribution in [0.25, 0.3) is 5.69 Å². The molecule has 2 rings (SSSR count). The fourth-order valence-electron chi connectivity index (χ4n) is 2.31. The third-order valence-electron chi connectivity index (χ3n) is 3.59. The van der Waals surface area contributed by atoms with Gasteiger partial charge in [0.2, 0.25) is 11.8 Å². The molecule has 0 aliphatic rings. The fourth-order valence-corrected chi connectivity index (χ4v) is 2.31. The number of halogens is 1. The van der Waals surface area contributed by atoms with Crippen LogP contribution in [0.15, 0.2) is 30.5 Å². The molecule has 2 aromatic rings. The van der Waals surface area contributed by atoms with E-state index in [1.165, 1.54) is 12.1 Å². The number of carbonyl (C=O) groups excluding carboxylic acids is 2. The van der Waals surface area contributed by atoms with Gasteiger partial charge in [-0.25, -0.2) is 9.07 Å². The average Bonchev–Trinajstić information content (AvgIpc) is 2.95. The van der Waals surface area contributed by atoms with E-state index in [1.807, 2.05) is 13.8 Å². The molecule has 0 aliphatic heterocycles. The number of hydrogen-bond donors (Lipinski definition) is 3. The van der Waals surface area contributed by atoms with Crippen LogP contribution in [-0.2, 0) is 9.59 Å². The van der Waals surface area contributed by atoms with Gasteiger partial charge in [-0.2, -0.15) is 5.10 Å². The van der Waals surface area contributed by atoms with Crippen LogP contribution in [0.4, 0.5) is 4.39 Å². The molecule has 0 radical (unpaired) electrons. The van der Waals surface area contributed by atoms with E-state index in [2.05, 4.69) is 15.7 Å². The monoisotopic (exact) mass is 333 g/mol. The van der Waals surface area contributed by atoms with Crippen molar-refractivity contribution in [1.29, 1.82) is 0 Å². The molecule has 0 saturated heterocycles. The maximum absolute atomic E-state index is 13.0. The molecule has 8 heteroatoms. The summed E-state index contributed by atoms with van der Waals surface area (Å²) >= 11 is 0. The smallest absolute Gasteiger partial charge is 0.239 e. The Kier molecular flexibility index (Phi) is 5.64. The first kappa shape index (κ1) is 17.6. The molecule has 0 bridgehead atoms. The van der Waals surface area contributed by atoms with Crippen LogP contribution in [0.1, 0.15) is 24.2 Å². The molecular formula is C16H20FN5O2. The molecular weight excluding hydrogens is 313 g/mol. The van der Waals surface area contributed by atoms with Crippen LogP contribution in [0.5, 0.6) is 0 Å². The number of nitrogens with one attached hydrogen (secondary N) is 2. The zero-order chi connectivity index (χ0) is 17.7. The molecule has 1 aromatic heterocycles. The Hall–Kier alpha value is -2.74. The molecule has 24 heavy (non-hydrogen) atoms. The van der Waals surface area contributed by atoms with Crippen molar-refractivity contribution in [3.63, 3.8) is 0 Å². The van der Waals surface area contributed by atoms with Crippen LogP contribution in [-0.4, -0.2) is 34.7 Å². The summed E-state index contributed by atoms with van der Waals surface area (Å²) in [5.74, 6) is -1.03. The second kappa shape index (κ2) is 7.69. The van der Waals surface area contributed by atoms with Crippen LogP contribution < -0.4 is 16.4 Å². The van der Waals surface area contributed by atoms with Gasteiger partial charge in [0.15, 0.2) is 0 Å². The predicted molar refractivity (Wildman–Crippen MR) is 86.9 cm³/mol. The summed E-state index contributed by atoms with van der Waals surface area (Å²) in [5, 5.41) is 9.48. The van der Waals surface area contributed by atoms with E-state index in [0.717, 1.165) is 16.9 Å². The lowest BCUT2D eigenvalue weighted by Gasteiger charge is -2.14. The van der Waals surface area contributed by atoms with Gasteiger partial charge in [-0.1, -0.05) is 0 Å². The fraction of sp³-hybridized carbons (Fsp3) is 0.312. The minimum Gasteiger partial charge on any atom is -0.348 e. The first-order valence-electron chi connectivity index (χ1n) is 7.49. The largest absolute Gasteiger partial charge is 0.348 e. The van der Waals surface area contributed by atoms with E-state index in [-0.39, 0.29) is 30.9 Å². The third-order valence-corrected chi connectivity index (χ3v) is 3.59. The van der Waals surface area contributed by atoms with Crippen LogP contribution in [0, 0.1) is 12.7 Å². The summed E-state index contributed by atoms with van der Waals surface area (Å²) in [6.07, 6.45) is 1.65. The van der Waals surface area contributed by atoms with E-state index in [4.69, 9.17) is 5.73 Å². The highest BCUT2D eigenvalue weighted by molar-refractivity contribution is 5.85. The lowest BCUT2D eigenvalue weighted by atomic mass is 10.1. The highest BCUT2D eigenvalue weighted by Crippen LogP contribution is 2.20. The van der Waals surface area contributed by atoms with Gasteiger partial charge in [0.25, 0.3) is 0 Å². The van der Waals surface area contributed by atoms with Crippen molar-refractivity contribution < 1.29 is 14.0 Å². The molecule has 4 N–H and O–H groups in total. The van der Waals surface area contributed by atoms with Gasteiger partial charge in [0.1, 0.15) is 5.82 Å². The SMILES string of the molecule is Cc1c(C(C)NC(=O)CNC(=O)CN)cnn1-c1ccc(F)cc1. The Balaban J connectivity index is 2.05. The van der Waals surface area contributed by atoms with E-state index in [0.29, 0.717) is 0 Å². The summed E-state index contributed by atoms with van der Waals surface area (Å²) < 4.78 is 14.7.